The van der Waals surface area contributed by atoms with Crippen LogP contribution in [0.25, 0.3) is 0 Å². The first-order valence-corrected chi connectivity index (χ1v) is 9.82. The summed E-state index contributed by atoms with van der Waals surface area (Å²) >= 11 is 0. The van der Waals surface area contributed by atoms with Gasteiger partial charge in [-0.2, -0.15) is 0 Å². The number of hydrogen-bond donors (Lipinski definition) is 0. The van der Waals surface area contributed by atoms with E-state index in [1.54, 1.807) is 29.4 Å². The standard InChI is InChI=1S/C22H24FN3O2/c23-18-3-5-19(6-4-18)26-14-2-10-22(21(26)28)9-1-13-25(16-22)20(27)15-17-7-11-24-12-8-17/h3-8,11-12H,1-2,9-10,13-16H2. The number of benzene rings is 1. The molecule has 0 saturated carbocycles. The first-order chi connectivity index (χ1) is 13.6. The first-order valence-electron chi connectivity index (χ1n) is 9.82. The second-order valence-electron chi connectivity index (χ2n) is 7.77. The van der Waals surface area contributed by atoms with Crippen molar-refractivity contribution in [1.29, 1.82) is 0 Å². The lowest BCUT2D eigenvalue weighted by molar-refractivity contribution is -0.141. The maximum absolute atomic E-state index is 13.4. The zero-order chi connectivity index (χ0) is 19.6. The molecule has 2 amide bonds. The molecule has 2 aromatic rings. The van der Waals surface area contributed by atoms with Crippen LogP contribution in [-0.4, -0.2) is 41.3 Å². The highest BCUT2D eigenvalue weighted by atomic mass is 19.1. The highest BCUT2D eigenvalue weighted by Gasteiger charge is 2.47. The molecular formula is C22H24FN3O2. The van der Waals surface area contributed by atoms with E-state index in [4.69, 9.17) is 0 Å². The van der Waals surface area contributed by atoms with Gasteiger partial charge in [0.25, 0.3) is 0 Å². The number of rotatable bonds is 3. The monoisotopic (exact) mass is 381 g/mol. The molecule has 146 valence electrons. The van der Waals surface area contributed by atoms with Gasteiger partial charge < -0.3 is 9.80 Å². The fourth-order valence-corrected chi connectivity index (χ4v) is 4.45. The van der Waals surface area contributed by atoms with Crippen LogP contribution in [0.4, 0.5) is 10.1 Å². The smallest absolute Gasteiger partial charge is 0.234 e. The van der Waals surface area contributed by atoms with Gasteiger partial charge in [-0.05, 0) is 67.6 Å². The second kappa shape index (κ2) is 7.70. The molecule has 1 spiro atoms. The van der Waals surface area contributed by atoms with Gasteiger partial charge in [0.15, 0.2) is 0 Å². The number of amides is 2. The Morgan fingerprint density at radius 1 is 1.04 bits per heavy atom. The van der Waals surface area contributed by atoms with Crippen LogP contribution in [0.2, 0.25) is 0 Å². The molecule has 2 aliphatic heterocycles. The van der Waals surface area contributed by atoms with Crippen LogP contribution >= 0.6 is 0 Å². The number of halogens is 1. The van der Waals surface area contributed by atoms with Gasteiger partial charge in [-0.25, -0.2) is 4.39 Å². The third-order valence-electron chi connectivity index (χ3n) is 5.91. The zero-order valence-electron chi connectivity index (χ0n) is 15.8. The zero-order valence-corrected chi connectivity index (χ0v) is 15.8. The molecule has 0 aliphatic carbocycles. The summed E-state index contributed by atoms with van der Waals surface area (Å²) in [5, 5.41) is 0. The SMILES string of the molecule is O=C(Cc1ccncc1)N1CCCC2(CCCN(c3ccc(F)cc3)C2=O)C1. The number of aromatic nitrogens is 1. The number of hydrogen-bond acceptors (Lipinski definition) is 3. The first kappa shape index (κ1) is 18.6. The van der Waals surface area contributed by atoms with Crippen molar-refractivity contribution in [3.8, 4) is 0 Å². The van der Waals surface area contributed by atoms with E-state index in [1.807, 2.05) is 17.0 Å². The molecular weight excluding hydrogens is 357 g/mol. The lowest BCUT2D eigenvalue weighted by Crippen LogP contribution is -2.57. The molecule has 6 heteroatoms. The average Bonchev–Trinajstić information content (AvgIpc) is 2.72. The van der Waals surface area contributed by atoms with Gasteiger partial charge in [0.05, 0.1) is 11.8 Å². The Morgan fingerprint density at radius 3 is 2.43 bits per heavy atom. The molecule has 1 aromatic heterocycles. The third-order valence-corrected chi connectivity index (χ3v) is 5.91. The fourth-order valence-electron chi connectivity index (χ4n) is 4.45. The summed E-state index contributed by atoms with van der Waals surface area (Å²) in [6, 6.07) is 9.77. The second-order valence-corrected chi connectivity index (χ2v) is 7.77. The van der Waals surface area contributed by atoms with E-state index in [-0.39, 0.29) is 17.6 Å². The van der Waals surface area contributed by atoms with E-state index >= 15 is 0 Å². The number of carbonyl (C=O) groups excluding carboxylic acids is 2. The number of carbonyl (C=O) groups is 2. The van der Waals surface area contributed by atoms with Crippen LogP contribution in [0.15, 0.2) is 48.8 Å². The van der Waals surface area contributed by atoms with Crippen molar-refractivity contribution >= 4 is 17.5 Å². The topological polar surface area (TPSA) is 53.5 Å². The predicted molar refractivity (Wildman–Crippen MR) is 104 cm³/mol. The predicted octanol–water partition coefficient (Wildman–Crippen LogP) is 3.20. The van der Waals surface area contributed by atoms with Crippen LogP contribution in [0.3, 0.4) is 0 Å². The molecule has 1 atom stereocenters. The van der Waals surface area contributed by atoms with Crippen LogP contribution in [0.5, 0.6) is 0 Å². The van der Waals surface area contributed by atoms with E-state index in [2.05, 4.69) is 4.98 Å². The molecule has 3 heterocycles. The third kappa shape index (κ3) is 3.63. The van der Waals surface area contributed by atoms with Crippen LogP contribution < -0.4 is 4.90 Å². The summed E-state index contributed by atoms with van der Waals surface area (Å²) in [5.74, 6) is -0.197. The summed E-state index contributed by atoms with van der Waals surface area (Å²) in [5.41, 5.74) is 1.13. The molecule has 5 nitrogen and oxygen atoms in total. The van der Waals surface area contributed by atoms with Gasteiger partial charge in [0.2, 0.25) is 11.8 Å². The average molecular weight is 381 g/mol. The maximum Gasteiger partial charge on any atom is 0.234 e. The molecule has 2 fully saturated rings. The van der Waals surface area contributed by atoms with Crippen molar-refractivity contribution < 1.29 is 14.0 Å². The Kier molecular flexibility index (Phi) is 5.11. The minimum Gasteiger partial charge on any atom is -0.341 e. The van der Waals surface area contributed by atoms with Crippen LogP contribution in [0.1, 0.15) is 31.2 Å². The summed E-state index contributed by atoms with van der Waals surface area (Å²) in [4.78, 5) is 33.8. The lowest BCUT2D eigenvalue weighted by Gasteiger charge is -2.47. The molecule has 2 aliphatic rings. The number of likely N-dealkylation sites (tertiary alicyclic amines) is 1. The van der Waals surface area contributed by atoms with Gasteiger partial charge in [-0.1, -0.05) is 0 Å². The van der Waals surface area contributed by atoms with Gasteiger partial charge >= 0.3 is 0 Å². The van der Waals surface area contributed by atoms with Crippen molar-refractivity contribution in [2.45, 2.75) is 32.1 Å². The number of pyridine rings is 1. The number of piperidine rings is 2. The molecule has 1 unspecified atom stereocenters. The molecule has 28 heavy (non-hydrogen) atoms. The van der Waals surface area contributed by atoms with Crippen molar-refractivity contribution in [1.82, 2.24) is 9.88 Å². The van der Waals surface area contributed by atoms with Crippen LogP contribution in [0, 0.1) is 11.2 Å². The summed E-state index contributed by atoms with van der Waals surface area (Å²) in [6.45, 7) is 1.79. The molecule has 0 N–H and O–H groups in total. The van der Waals surface area contributed by atoms with E-state index in [9.17, 15) is 14.0 Å². The Morgan fingerprint density at radius 2 is 1.71 bits per heavy atom. The van der Waals surface area contributed by atoms with Crippen molar-refractivity contribution in [3.63, 3.8) is 0 Å². The molecule has 4 rings (SSSR count). The van der Waals surface area contributed by atoms with Crippen LogP contribution in [-0.2, 0) is 16.0 Å². The summed E-state index contributed by atoms with van der Waals surface area (Å²) < 4.78 is 13.3. The normalized spacial score (nSPS) is 22.5. The Labute approximate surface area is 164 Å². The highest BCUT2D eigenvalue weighted by Crippen LogP contribution is 2.41. The van der Waals surface area contributed by atoms with Gasteiger partial charge in [-0.3, -0.25) is 14.6 Å². The van der Waals surface area contributed by atoms with Crippen molar-refractivity contribution in [3.05, 3.63) is 60.2 Å². The fraction of sp³-hybridized carbons (Fsp3) is 0.409. The van der Waals surface area contributed by atoms with E-state index in [0.29, 0.717) is 26.1 Å². The number of nitrogens with zero attached hydrogens (tertiary/aromatic N) is 3. The minimum atomic E-state index is -0.529. The van der Waals surface area contributed by atoms with Gasteiger partial charge in [0, 0.05) is 37.7 Å². The van der Waals surface area contributed by atoms with E-state index < -0.39 is 5.41 Å². The van der Waals surface area contributed by atoms with E-state index in [1.165, 1.54) is 12.1 Å². The number of anilines is 1. The molecule has 0 bridgehead atoms. The molecule has 1 aromatic carbocycles. The molecule has 2 saturated heterocycles. The largest absolute Gasteiger partial charge is 0.341 e. The molecule has 0 radical (unpaired) electrons. The Bertz CT molecular complexity index is 852. The van der Waals surface area contributed by atoms with Gasteiger partial charge in [0.1, 0.15) is 5.82 Å². The maximum atomic E-state index is 13.4. The Hall–Kier alpha value is -2.76. The minimum absolute atomic E-state index is 0.0528. The summed E-state index contributed by atoms with van der Waals surface area (Å²) in [6.07, 6.45) is 7.00. The lowest BCUT2D eigenvalue weighted by atomic mass is 9.72. The van der Waals surface area contributed by atoms with Gasteiger partial charge in [-0.15, -0.1) is 0 Å². The highest BCUT2D eigenvalue weighted by molar-refractivity contribution is 5.99. The van der Waals surface area contributed by atoms with E-state index in [0.717, 1.165) is 36.9 Å². The van der Waals surface area contributed by atoms with Crippen molar-refractivity contribution in [2.24, 2.45) is 5.41 Å². The van der Waals surface area contributed by atoms with Crippen molar-refractivity contribution in [2.75, 3.05) is 24.5 Å². The Balaban J connectivity index is 1.50. The summed E-state index contributed by atoms with van der Waals surface area (Å²) in [7, 11) is 0. The quantitative estimate of drug-likeness (QED) is 0.820.